The number of rotatable bonds is 6. The highest BCUT2D eigenvalue weighted by atomic mass is 19.1. The lowest BCUT2D eigenvalue weighted by Crippen LogP contribution is -2.40. The lowest BCUT2D eigenvalue weighted by atomic mass is 9.83. The molecule has 0 saturated carbocycles. The number of amides is 1. The summed E-state index contributed by atoms with van der Waals surface area (Å²) in [7, 11) is 1.61. The molecule has 0 aliphatic carbocycles. The molecule has 23 heavy (non-hydrogen) atoms. The summed E-state index contributed by atoms with van der Waals surface area (Å²) in [5.74, 6) is 0.476. The lowest BCUT2D eigenvalue weighted by Gasteiger charge is -2.24. The minimum Gasteiger partial charge on any atom is -0.497 e. The molecule has 0 bridgehead atoms. The molecule has 2 aromatic rings. The zero-order valence-electron chi connectivity index (χ0n) is 13.7. The Balaban J connectivity index is 1.93. The highest BCUT2D eigenvalue weighted by molar-refractivity contribution is 5.87. The number of ether oxygens (including phenoxy) is 1. The monoisotopic (exact) mass is 315 g/mol. The fourth-order valence-electron chi connectivity index (χ4n) is 2.33. The summed E-state index contributed by atoms with van der Waals surface area (Å²) in [6, 6.07) is 13.8. The van der Waals surface area contributed by atoms with Crippen LogP contribution in [0.5, 0.6) is 5.75 Å². The van der Waals surface area contributed by atoms with Crippen molar-refractivity contribution < 1.29 is 13.9 Å². The van der Waals surface area contributed by atoms with Crippen molar-refractivity contribution in [3.8, 4) is 5.75 Å². The van der Waals surface area contributed by atoms with E-state index in [0.717, 1.165) is 16.9 Å². The Bertz CT molecular complexity index is 648. The number of hydrogen-bond donors (Lipinski definition) is 1. The highest BCUT2D eigenvalue weighted by Gasteiger charge is 2.29. The van der Waals surface area contributed by atoms with Crippen molar-refractivity contribution in [3.63, 3.8) is 0 Å². The maximum atomic E-state index is 12.9. The molecule has 0 saturated heterocycles. The van der Waals surface area contributed by atoms with Crippen LogP contribution in [0.15, 0.2) is 48.5 Å². The number of benzene rings is 2. The summed E-state index contributed by atoms with van der Waals surface area (Å²) < 4.78 is 18.0. The van der Waals surface area contributed by atoms with Crippen LogP contribution in [0.3, 0.4) is 0 Å². The van der Waals surface area contributed by atoms with Gasteiger partial charge in [0, 0.05) is 6.54 Å². The molecule has 0 spiro atoms. The van der Waals surface area contributed by atoms with Gasteiger partial charge in [0.1, 0.15) is 11.6 Å². The maximum absolute atomic E-state index is 12.9. The third-order valence-electron chi connectivity index (χ3n) is 3.99. The van der Waals surface area contributed by atoms with Crippen LogP contribution in [0, 0.1) is 5.82 Å². The quantitative estimate of drug-likeness (QED) is 0.886. The van der Waals surface area contributed by atoms with E-state index < -0.39 is 5.41 Å². The first-order valence-corrected chi connectivity index (χ1v) is 7.61. The van der Waals surface area contributed by atoms with Crippen LogP contribution in [-0.2, 0) is 16.6 Å². The largest absolute Gasteiger partial charge is 0.497 e. The van der Waals surface area contributed by atoms with E-state index in [-0.39, 0.29) is 11.7 Å². The molecule has 0 fully saturated rings. The van der Waals surface area contributed by atoms with Gasteiger partial charge in [-0.15, -0.1) is 0 Å². The summed E-state index contributed by atoms with van der Waals surface area (Å²) in [5, 5.41) is 2.95. The molecule has 0 aromatic heterocycles. The number of carbonyl (C=O) groups excluding carboxylic acids is 1. The molecule has 0 heterocycles. The van der Waals surface area contributed by atoms with Crippen LogP contribution >= 0.6 is 0 Å². The van der Waals surface area contributed by atoms with Crippen molar-refractivity contribution in [2.45, 2.75) is 25.7 Å². The van der Waals surface area contributed by atoms with Gasteiger partial charge in [-0.1, -0.05) is 24.3 Å². The first-order chi connectivity index (χ1) is 10.9. The highest BCUT2D eigenvalue weighted by Crippen LogP contribution is 2.25. The average Bonchev–Trinajstić information content (AvgIpc) is 2.56. The second-order valence-electron chi connectivity index (χ2n) is 5.99. The normalized spacial score (nSPS) is 11.1. The standard InChI is InChI=1S/C19H22FNO2/c1-19(2,15-6-10-17(23-3)11-7-15)18(22)21-13-12-14-4-8-16(20)9-5-14/h4-11H,12-13H2,1-3H3,(H,21,22). The third kappa shape index (κ3) is 4.31. The number of nitrogens with one attached hydrogen (secondary N) is 1. The van der Waals surface area contributed by atoms with Crippen LogP contribution in [-0.4, -0.2) is 19.6 Å². The van der Waals surface area contributed by atoms with Crippen molar-refractivity contribution in [3.05, 3.63) is 65.5 Å². The van der Waals surface area contributed by atoms with E-state index in [9.17, 15) is 9.18 Å². The van der Waals surface area contributed by atoms with Gasteiger partial charge in [0.2, 0.25) is 5.91 Å². The van der Waals surface area contributed by atoms with Crippen molar-refractivity contribution in [1.29, 1.82) is 0 Å². The van der Waals surface area contributed by atoms with Gasteiger partial charge in [-0.05, 0) is 55.7 Å². The predicted octanol–water partition coefficient (Wildman–Crippen LogP) is 3.47. The van der Waals surface area contributed by atoms with Gasteiger partial charge in [-0.3, -0.25) is 4.79 Å². The third-order valence-corrected chi connectivity index (χ3v) is 3.99. The van der Waals surface area contributed by atoms with Crippen LogP contribution in [0.1, 0.15) is 25.0 Å². The second kappa shape index (κ2) is 7.27. The van der Waals surface area contributed by atoms with Crippen molar-refractivity contribution in [2.75, 3.05) is 13.7 Å². The molecule has 0 aliphatic heterocycles. The number of carbonyl (C=O) groups is 1. The summed E-state index contributed by atoms with van der Waals surface area (Å²) in [6.45, 7) is 4.30. The van der Waals surface area contributed by atoms with Crippen LogP contribution < -0.4 is 10.1 Å². The van der Waals surface area contributed by atoms with Crippen LogP contribution in [0.2, 0.25) is 0 Å². The Morgan fingerprint density at radius 1 is 1.09 bits per heavy atom. The average molecular weight is 315 g/mol. The second-order valence-corrected chi connectivity index (χ2v) is 5.99. The number of halogens is 1. The molecule has 3 nitrogen and oxygen atoms in total. The SMILES string of the molecule is COc1ccc(C(C)(C)C(=O)NCCc2ccc(F)cc2)cc1. The Labute approximate surface area is 136 Å². The van der Waals surface area contributed by atoms with Gasteiger partial charge in [0.25, 0.3) is 0 Å². The Morgan fingerprint density at radius 2 is 1.70 bits per heavy atom. The molecule has 1 amide bonds. The molecular formula is C19H22FNO2. The number of methoxy groups -OCH3 is 1. The molecule has 122 valence electrons. The Kier molecular flexibility index (Phi) is 5.37. The van der Waals surface area contributed by atoms with E-state index in [4.69, 9.17) is 4.74 Å². The molecule has 0 aliphatic rings. The van der Waals surface area contributed by atoms with E-state index in [1.165, 1.54) is 12.1 Å². The Hall–Kier alpha value is -2.36. The predicted molar refractivity (Wildman–Crippen MR) is 89.1 cm³/mol. The molecule has 0 radical (unpaired) electrons. The van der Waals surface area contributed by atoms with Crippen molar-refractivity contribution >= 4 is 5.91 Å². The lowest BCUT2D eigenvalue weighted by molar-refractivity contribution is -0.125. The fraction of sp³-hybridized carbons (Fsp3) is 0.316. The first-order valence-electron chi connectivity index (χ1n) is 7.61. The van der Waals surface area contributed by atoms with E-state index in [1.807, 2.05) is 38.1 Å². The van der Waals surface area contributed by atoms with Crippen LogP contribution in [0.4, 0.5) is 4.39 Å². The summed E-state index contributed by atoms with van der Waals surface area (Å²) in [4.78, 5) is 12.5. The smallest absolute Gasteiger partial charge is 0.230 e. The van der Waals surface area contributed by atoms with Gasteiger partial charge < -0.3 is 10.1 Å². The van der Waals surface area contributed by atoms with Gasteiger partial charge in [0.05, 0.1) is 12.5 Å². The summed E-state index contributed by atoms with van der Waals surface area (Å²) in [5.41, 5.74) is 1.29. The van der Waals surface area contributed by atoms with E-state index in [0.29, 0.717) is 13.0 Å². The molecule has 1 N–H and O–H groups in total. The Morgan fingerprint density at radius 3 is 2.26 bits per heavy atom. The first kappa shape index (κ1) is 17.0. The van der Waals surface area contributed by atoms with Gasteiger partial charge >= 0.3 is 0 Å². The van der Waals surface area contributed by atoms with Crippen LogP contribution in [0.25, 0.3) is 0 Å². The summed E-state index contributed by atoms with van der Waals surface area (Å²) in [6.07, 6.45) is 0.671. The molecule has 4 heteroatoms. The van der Waals surface area contributed by atoms with Crippen molar-refractivity contribution in [1.82, 2.24) is 5.32 Å². The maximum Gasteiger partial charge on any atom is 0.230 e. The molecule has 0 atom stereocenters. The van der Waals surface area contributed by atoms with Gasteiger partial charge in [-0.2, -0.15) is 0 Å². The molecule has 0 unspecified atom stereocenters. The zero-order valence-corrected chi connectivity index (χ0v) is 13.7. The summed E-state index contributed by atoms with van der Waals surface area (Å²) >= 11 is 0. The fourth-order valence-corrected chi connectivity index (χ4v) is 2.33. The zero-order chi connectivity index (χ0) is 16.9. The topological polar surface area (TPSA) is 38.3 Å². The van der Waals surface area contributed by atoms with E-state index in [2.05, 4.69) is 5.32 Å². The van der Waals surface area contributed by atoms with Gasteiger partial charge in [0.15, 0.2) is 0 Å². The van der Waals surface area contributed by atoms with Gasteiger partial charge in [-0.25, -0.2) is 4.39 Å². The number of hydrogen-bond acceptors (Lipinski definition) is 2. The van der Waals surface area contributed by atoms with Crippen molar-refractivity contribution in [2.24, 2.45) is 0 Å². The van der Waals surface area contributed by atoms with E-state index >= 15 is 0 Å². The molecular weight excluding hydrogens is 293 g/mol. The molecule has 2 rings (SSSR count). The minimum atomic E-state index is -0.630. The van der Waals surface area contributed by atoms with E-state index in [1.54, 1.807) is 19.2 Å². The minimum absolute atomic E-state index is 0.0372. The molecule has 2 aromatic carbocycles.